The van der Waals surface area contributed by atoms with E-state index in [-0.39, 0.29) is 56.3 Å². The van der Waals surface area contributed by atoms with E-state index in [1.807, 2.05) is 12.1 Å². The Kier molecular flexibility index (Phi) is 15.1. The molecule has 168 valence electrons. The van der Waals surface area contributed by atoms with E-state index in [4.69, 9.17) is 0 Å². The molecule has 0 saturated carbocycles. The van der Waals surface area contributed by atoms with Gasteiger partial charge in [-0.3, -0.25) is 0 Å². The maximum atomic E-state index is 11.7. The Morgan fingerprint density at radius 3 is 1.81 bits per heavy atom. The number of aryl methyl sites for hydroxylation is 2. The molecule has 2 aromatic carbocycles. The zero-order valence-electron chi connectivity index (χ0n) is 19.9. The Bertz CT molecular complexity index is 878. The Morgan fingerprint density at radius 2 is 1.23 bits per heavy atom. The van der Waals surface area contributed by atoms with Gasteiger partial charge in [0.1, 0.15) is 10.1 Å². The van der Waals surface area contributed by atoms with Crippen molar-refractivity contribution >= 4 is 20.9 Å². The van der Waals surface area contributed by atoms with Gasteiger partial charge in [-0.2, -0.15) is 0 Å². The monoisotopic (exact) mass is 470 g/mol. The Hall–Kier alpha value is 0.246. The Balaban J connectivity index is 0.00000480. The summed E-state index contributed by atoms with van der Waals surface area (Å²) < 4.78 is 35.2. The van der Waals surface area contributed by atoms with Gasteiger partial charge in [0.2, 0.25) is 0 Å². The molecule has 0 atom stereocenters. The molecule has 2 rings (SSSR count). The third-order valence-corrected chi connectivity index (χ3v) is 6.97. The molecule has 0 aliphatic rings. The van der Waals surface area contributed by atoms with Crippen LogP contribution in [-0.2, 0) is 23.0 Å². The smallest absolute Gasteiger partial charge is 0.744 e. The molecule has 0 bridgehead atoms. The van der Waals surface area contributed by atoms with Crippen LogP contribution < -0.4 is 51.4 Å². The van der Waals surface area contributed by atoms with Crippen molar-refractivity contribution in [2.75, 3.05) is 0 Å². The van der Waals surface area contributed by atoms with Crippen molar-refractivity contribution in [1.82, 2.24) is 0 Å². The topological polar surface area (TPSA) is 57.2 Å². The molecule has 0 aliphatic carbocycles. The first-order chi connectivity index (χ1) is 14.5. The van der Waals surface area contributed by atoms with Crippen molar-refractivity contribution in [2.24, 2.45) is 0 Å². The predicted octanol–water partition coefficient (Wildman–Crippen LogP) is 4.55. The molecule has 5 heteroatoms. The molecule has 0 saturated heterocycles. The van der Waals surface area contributed by atoms with Crippen LogP contribution in [0.25, 0.3) is 10.8 Å². The quantitative estimate of drug-likeness (QED) is 0.218. The van der Waals surface area contributed by atoms with Crippen LogP contribution in [0.5, 0.6) is 0 Å². The van der Waals surface area contributed by atoms with Crippen LogP contribution in [0.15, 0.2) is 35.2 Å². The van der Waals surface area contributed by atoms with E-state index in [1.165, 1.54) is 81.4 Å². The normalized spacial score (nSPS) is 11.6. The number of hydrogen-bond donors (Lipinski definition) is 0. The molecule has 0 radical (unpaired) electrons. The summed E-state index contributed by atoms with van der Waals surface area (Å²) in [6.45, 7) is 4.46. The van der Waals surface area contributed by atoms with Crippen molar-refractivity contribution in [2.45, 2.75) is 109 Å². The first-order valence-corrected chi connectivity index (χ1v) is 13.4. The molecule has 0 N–H and O–H groups in total. The molecule has 0 amide bonds. The van der Waals surface area contributed by atoms with Crippen molar-refractivity contribution < 1.29 is 64.4 Å². The fraction of sp³-hybridized carbons (Fsp3) is 0.615. The van der Waals surface area contributed by atoms with Gasteiger partial charge < -0.3 is 4.55 Å². The fourth-order valence-electron chi connectivity index (χ4n) is 4.36. The summed E-state index contributed by atoms with van der Waals surface area (Å²) in [5, 5.41) is 1.53. The Labute approximate surface area is 233 Å². The SMILES string of the molecule is CCCCCCCCc1ccc2c(S(=O)(=O)[O-])cccc2c1CCCCCCCC.[K+]. The van der Waals surface area contributed by atoms with E-state index >= 15 is 0 Å². The third kappa shape index (κ3) is 9.95. The van der Waals surface area contributed by atoms with Gasteiger partial charge in [-0.1, -0.05) is 102 Å². The molecule has 0 aliphatic heterocycles. The van der Waals surface area contributed by atoms with Crippen LogP contribution in [-0.4, -0.2) is 13.0 Å². The number of unbranched alkanes of at least 4 members (excludes halogenated alkanes) is 10. The van der Waals surface area contributed by atoms with E-state index in [0.717, 1.165) is 31.1 Å². The van der Waals surface area contributed by atoms with Crippen LogP contribution in [0.4, 0.5) is 0 Å². The Morgan fingerprint density at radius 1 is 0.677 bits per heavy atom. The van der Waals surface area contributed by atoms with E-state index < -0.39 is 10.1 Å². The van der Waals surface area contributed by atoms with Crippen LogP contribution in [0.2, 0.25) is 0 Å². The maximum Gasteiger partial charge on any atom is 1.00 e. The largest absolute Gasteiger partial charge is 1.00 e. The van der Waals surface area contributed by atoms with Gasteiger partial charge in [0.15, 0.2) is 0 Å². The van der Waals surface area contributed by atoms with Crippen molar-refractivity contribution in [3.63, 3.8) is 0 Å². The van der Waals surface area contributed by atoms with Crippen LogP contribution >= 0.6 is 0 Å². The number of rotatable bonds is 15. The fourth-order valence-corrected chi connectivity index (χ4v) is 5.05. The molecule has 0 fully saturated rings. The van der Waals surface area contributed by atoms with Gasteiger partial charge in [0, 0.05) is 0 Å². The summed E-state index contributed by atoms with van der Waals surface area (Å²) in [6.07, 6.45) is 17.0. The first-order valence-electron chi connectivity index (χ1n) is 12.0. The van der Waals surface area contributed by atoms with Crippen molar-refractivity contribution in [3.8, 4) is 0 Å². The summed E-state index contributed by atoms with van der Waals surface area (Å²) in [7, 11) is -4.47. The molecule has 31 heavy (non-hydrogen) atoms. The molecular weight excluding hydrogens is 431 g/mol. The minimum Gasteiger partial charge on any atom is -0.744 e. The minimum atomic E-state index is -4.47. The number of hydrogen-bond acceptors (Lipinski definition) is 3. The molecule has 0 spiro atoms. The van der Waals surface area contributed by atoms with Crippen LogP contribution in [0.3, 0.4) is 0 Å². The maximum absolute atomic E-state index is 11.7. The van der Waals surface area contributed by atoms with Crippen LogP contribution in [0, 0.1) is 0 Å². The molecular formula is C26H39KO3S. The molecule has 3 nitrogen and oxygen atoms in total. The molecule has 0 heterocycles. The second-order valence-corrected chi connectivity index (χ2v) is 9.89. The zero-order chi connectivity index (χ0) is 21.8. The summed E-state index contributed by atoms with van der Waals surface area (Å²) in [5.74, 6) is 0. The van der Waals surface area contributed by atoms with E-state index in [0.29, 0.717) is 5.39 Å². The molecule has 2 aromatic rings. The van der Waals surface area contributed by atoms with Crippen LogP contribution in [0.1, 0.15) is 102 Å². The average molecular weight is 471 g/mol. The first kappa shape index (κ1) is 29.3. The summed E-state index contributed by atoms with van der Waals surface area (Å²) in [6, 6.07) is 9.05. The second kappa shape index (κ2) is 16.0. The zero-order valence-corrected chi connectivity index (χ0v) is 23.9. The summed E-state index contributed by atoms with van der Waals surface area (Å²) in [5.41, 5.74) is 2.58. The van der Waals surface area contributed by atoms with Gasteiger partial charge in [-0.25, -0.2) is 8.42 Å². The van der Waals surface area contributed by atoms with Crippen molar-refractivity contribution in [3.05, 3.63) is 41.5 Å². The van der Waals surface area contributed by atoms with E-state index in [2.05, 4.69) is 19.9 Å². The van der Waals surface area contributed by atoms with Gasteiger partial charge in [0.05, 0.1) is 4.90 Å². The summed E-state index contributed by atoms with van der Waals surface area (Å²) in [4.78, 5) is -0.0877. The predicted molar refractivity (Wildman–Crippen MR) is 126 cm³/mol. The number of fused-ring (bicyclic) bond motifs is 1. The van der Waals surface area contributed by atoms with Gasteiger partial charge in [0.25, 0.3) is 0 Å². The van der Waals surface area contributed by atoms with Gasteiger partial charge in [-0.15, -0.1) is 0 Å². The minimum absolute atomic E-state index is 0. The number of benzene rings is 2. The van der Waals surface area contributed by atoms with E-state index in [1.54, 1.807) is 6.07 Å². The standard InChI is InChI=1S/C26H40O3S.K/c1-3-5-7-9-11-13-16-22-20-21-25-24(18-15-19-26(25)30(27,28)29)23(22)17-14-12-10-8-6-4-2;/h15,18-21H,3-14,16-17H2,1-2H3,(H,27,28,29);/q;+1/p-1. The molecule has 0 unspecified atom stereocenters. The average Bonchev–Trinajstić information content (AvgIpc) is 2.72. The third-order valence-electron chi connectivity index (χ3n) is 6.08. The van der Waals surface area contributed by atoms with E-state index in [9.17, 15) is 13.0 Å². The van der Waals surface area contributed by atoms with Crippen molar-refractivity contribution in [1.29, 1.82) is 0 Å². The molecule has 0 aromatic heterocycles. The van der Waals surface area contributed by atoms with Gasteiger partial charge in [-0.05, 0) is 53.6 Å². The second-order valence-electron chi connectivity index (χ2n) is 8.54. The van der Waals surface area contributed by atoms with Gasteiger partial charge >= 0.3 is 51.4 Å². The summed E-state index contributed by atoms with van der Waals surface area (Å²) >= 11 is 0.